The van der Waals surface area contributed by atoms with Crippen LogP contribution in [0.1, 0.15) is 5.56 Å². The van der Waals surface area contributed by atoms with Gasteiger partial charge in [-0.25, -0.2) is 0 Å². The number of rotatable bonds is 3. The van der Waals surface area contributed by atoms with E-state index in [1.165, 1.54) is 0 Å². The van der Waals surface area contributed by atoms with Crippen LogP contribution in [-0.2, 0) is 21.7 Å². The number of benzene rings is 2. The number of carbonyl (C=O) groups is 1. The van der Waals surface area contributed by atoms with Gasteiger partial charge in [0.15, 0.2) is 11.5 Å². The lowest BCUT2D eigenvalue weighted by atomic mass is 10.2. The van der Waals surface area contributed by atoms with Crippen molar-refractivity contribution >= 4 is 22.8 Å². The molecule has 2 aromatic carbocycles. The van der Waals surface area contributed by atoms with Crippen LogP contribution in [0.4, 0.5) is 5.69 Å². The Labute approximate surface area is 126 Å². The van der Waals surface area contributed by atoms with E-state index in [0.29, 0.717) is 22.1 Å². The van der Waals surface area contributed by atoms with E-state index in [4.69, 9.17) is 4.74 Å². The Morgan fingerprint density at radius 1 is 1.24 bits per heavy atom. The number of ether oxygens (including phenoxy) is 1. The second-order valence-electron chi connectivity index (χ2n) is 4.85. The topological polar surface area (TPSA) is 52.6 Å². The maximum absolute atomic E-state index is 12.4. The number of likely N-dealkylation sites (N-methyl/N-ethyl adjacent to an activating group) is 1. The van der Waals surface area contributed by atoms with Gasteiger partial charge in [0.1, 0.15) is 11.5 Å². The third-order valence-corrected chi connectivity index (χ3v) is 4.80. The van der Waals surface area contributed by atoms with Gasteiger partial charge in [0, 0.05) is 18.7 Å². The van der Waals surface area contributed by atoms with Crippen molar-refractivity contribution in [3.8, 4) is 5.75 Å². The first kappa shape index (κ1) is 14.0. The average molecular weight is 301 g/mol. The third kappa shape index (κ3) is 2.89. The average Bonchev–Trinajstić information content (AvgIpc) is 2.51. The van der Waals surface area contributed by atoms with Gasteiger partial charge in [-0.1, -0.05) is 30.3 Å². The molecule has 1 aliphatic heterocycles. The van der Waals surface area contributed by atoms with Crippen LogP contribution in [-0.4, -0.2) is 24.1 Å². The smallest absolute Gasteiger partial charge is 0.264 e. The monoisotopic (exact) mass is 301 g/mol. The maximum atomic E-state index is 12.4. The van der Waals surface area contributed by atoms with E-state index in [0.717, 1.165) is 5.56 Å². The van der Waals surface area contributed by atoms with Crippen LogP contribution in [0.15, 0.2) is 53.4 Å². The molecule has 108 valence electrons. The molecule has 0 saturated heterocycles. The van der Waals surface area contributed by atoms with Gasteiger partial charge in [0.2, 0.25) is 0 Å². The van der Waals surface area contributed by atoms with Crippen molar-refractivity contribution < 1.29 is 14.1 Å². The molecular formula is C16H15NO3S. The van der Waals surface area contributed by atoms with E-state index in [1.54, 1.807) is 30.1 Å². The van der Waals surface area contributed by atoms with E-state index >= 15 is 0 Å². The molecule has 5 heteroatoms. The lowest BCUT2D eigenvalue weighted by Gasteiger charge is -2.26. The Kier molecular flexibility index (Phi) is 3.86. The van der Waals surface area contributed by atoms with Gasteiger partial charge in [-0.3, -0.25) is 4.79 Å². The molecule has 2 aromatic rings. The first-order valence-corrected chi connectivity index (χ1v) is 7.93. The zero-order valence-electron chi connectivity index (χ0n) is 11.6. The van der Waals surface area contributed by atoms with Crippen LogP contribution in [0.25, 0.3) is 0 Å². The fourth-order valence-electron chi connectivity index (χ4n) is 2.21. The lowest BCUT2D eigenvalue weighted by molar-refractivity contribution is -0.120. The largest absolute Gasteiger partial charge is 0.611 e. The minimum absolute atomic E-state index is 0.0261. The van der Waals surface area contributed by atoms with Gasteiger partial charge in [0.25, 0.3) is 5.91 Å². The van der Waals surface area contributed by atoms with E-state index in [9.17, 15) is 9.35 Å². The second kappa shape index (κ2) is 5.79. The van der Waals surface area contributed by atoms with Crippen molar-refractivity contribution in [2.75, 3.05) is 18.6 Å². The van der Waals surface area contributed by atoms with Crippen LogP contribution in [0.5, 0.6) is 5.75 Å². The van der Waals surface area contributed by atoms with E-state index in [1.807, 2.05) is 30.3 Å². The van der Waals surface area contributed by atoms with E-state index < -0.39 is 11.2 Å². The number of fused-ring (bicyclic) bond motifs is 1. The highest BCUT2D eigenvalue weighted by atomic mass is 32.2. The van der Waals surface area contributed by atoms with Crippen LogP contribution in [0, 0.1) is 0 Å². The normalized spacial score (nSPS) is 15.3. The molecule has 21 heavy (non-hydrogen) atoms. The number of hydrogen-bond donors (Lipinski definition) is 0. The Balaban J connectivity index is 1.82. The number of hydrogen-bond acceptors (Lipinski definition) is 3. The predicted octanol–water partition coefficient (Wildman–Crippen LogP) is 2.35. The summed E-state index contributed by atoms with van der Waals surface area (Å²) in [5.74, 6) is 0.991. The molecule has 1 aliphatic rings. The van der Waals surface area contributed by atoms with Crippen molar-refractivity contribution in [1.29, 1.82) is 0 Å². The molecular weight excluding hydrogens is 286 g/mol. The summed E-state index contributed by atoms with van der Waals surface area (Å²) in [7, 11) is 1.71. The fourth-order valence-corrected chi connectivity index (χ4v) is 3.33. The zero-order chi connectivity index (χ0) is 14.8. The van der Waals surface area contributed by atoms with Crippen molar-refractivity contribution in [3.63, 3.8) is 0 Å². The highest BCUT2D eigenvalue weighted by Crippen LogP contribution is 2.33. The number of amides is 1. The minimum Gasteiger partial charge on any atom is -0.611 e. The Morgan fingerprint density at radius 2 is 2.00 bits per heavy atom. The van der Waals surface area contributed by atoms with Crippen molar-refractivity contribution in [1.82, 2.24) is 0 Å². The Morgan fingerprint density at radius 3 is 2.76 bits per heavy atom. The highest BCUT2D eigenvalue weighted by molar-refractivity contribution is 7.90. The van der Waals surface area contributed by atoms with Crippen LogP contribution in [0.2, 0.25) is 0 Å². The third-order valence-electron chi connectivity index (χ3n) is 3.42. The van der Waals surface area contributed by atoms with Crippen molar-refractivity contribution in [3.05, 3.63) is 54.1 Å². The summed E-state index contributed by atoms with van der Waals surface area (Å²) in [4.78, 5) is 13.8. The van der Waals surface area contributed by atoms with Gasteiger partial charge in [-0.05, 0) is 23.3 Å². The Hall–Kier alpha value is -1.98. The molecule has 0 fully saturated rings. The minimum atomic E-state index is -1.14. The zero-order valence-corrected chi connectivity index (χ0v) is 12.4. The number of anilines is 1. The first-order valence-electron chi connectivity index (χ1n) is 6.61. The van der Waals surface area contributed by atoms with Gasteiger partial charge >= 0.3 is 0 Å². The molecule has 1 heterocycles. The molecule has 0 N–H and O–H groups in total. The SMILES string of the molecule is CN1C(=O)COc2cc([S+]([O-])Cc3ccccc3)ccc21. The quantitative estimate of drug-likeness (QED) is 0.818. The molecule has 3 rings (SSSR count). The predicted molar refractivity (Wildman–Crippen MR) is 81.9 cm³/mol. The van der Waals surface area contributed by atoms with Crippen LogP contribution in [0.3, 0.4) is 0 Å². The molecule has 1 atom stereocenters. The number of carbonyl (C=O) groups excluding carboxylic acids is 1. The van der Waals surface area contributed by atoms with Crippen LogP contribution >= 0.6 is 0 Å². The first-order chi connectivity index (χ1) is 10.1. The van der Waals surface area contributed by atoms with Gasteiger partial charge in [-0.15, -0.1) is 0 Å². The van der Waals surface area contributed by atoms with E-state index in [2.05, 4.69) is 0 Å². The fraction of sp³-hybridized carbons (Fsp3) is 0.188. The Bertz CT molecular complexity index is 660. The molecule has 1 amide bonds. The molecule has 0 radical (unpaired) electrons. The summed E-state index contributed by atoms with van der Waals surface area (Å²) in [6.45, 7) is 0.0261. The second-order valence-corrected chi connectivity index (χ2v) is 6.30. The van der Waals surface area contributed by atoms with Crippen molar-refractivity contribution in [2.45, 2.75) is 10.6 Å². The summed E-state index contributed by atoms with van der Waals surface area (Å²) < 4.78 is 17.8. The molecule has 0 saturated carbocycles. The van der Waals surface area contributed by atoms with E-state index in [-0.39, 0.29) is 12.5 Å². The van der Waals surface area contributed by atoms with Gasteiger partial charge in [0.05, 0.1) is 5.69 Å². The molecule has 0 spiro atoms. The molecule has 0 aromatic heterocycles. The van der Waals surface area contributed by atoms with Crippen LogP contribution < -0.4 is 9.64 Å². The van der Waals surface area contributed by atoms with Gasteiger partial charge < -0.3 is 14.2 Å². The molecule has 0 aliphatic carbocycles. The van der Waals surface area contributed by atoms with Crippen molar-refractivity contribution in [2.24, 2.45) is 0 Å². The molecule has 1 unspecified atom stereocenters. The summed E-state index contributed by atoms with van der Waals surface area (Å²) in [6, 6.07) is 15.1. The summed E-state index contributed by atoms with van der Waals surface area (Å²) >= 11 is -1.14. The highest BCUT2D eigenvalue weighted by Gasteiger charge is 2.24. The standard InChI is InChI=1S/C16H15NO3S/c1-17-14-8-7-13(9-15(14)20-10-16(17)18)21(19)11-12-5-3-2-4-6-12/h2-9H,10-11H2,1H3. The maximum Gasteiger partial charge on any atom is 0.264 e. The summed E-state index contributed by atoms with van der Waals surface area (Å²) in [5, 5.41) is 0. The summed E-state index contributed by atoms with van der Waals surface area (Å²) in [6.07, 6.45) is 0. The molecule has 0 bridgehead atoms. The number of nitrogens with zero attached hydrogens (tertiary/aromatic N) is 1. The summed E-state index contributed by atoms with van der Waals surface area (Å²) in [5.41, 5.74) is 1.74. The molecule has 4 nitrogen and oxygen atoms in total. The lowest BCUT2D eigenvalue weighted by Crippen LogP contribution is -2.35. The van der Waals surface area contributed by atoms with Gasteiger partial charge in [-0.2, -0.15) is 0 Å².